The standard InChI is InChI=1S/C23H23N3O3S/c1-3-21-22(26-14-6-9-20(24)23(26)25-21)16-10-12-17(13-11-16)29-18-7-5-8-19(15-18)30(27,28)4-2/h5-15H,3-4,24H2,1-2H3. The van der Waals surface area contributed by atoms with Gasteiger partial charge in [0, 0.05) is 11.8 Å². The maximum atomic E-state index is 12.1. The molecule has 4 aromatic rings. The molecule has 7 heteroatoms. The number of nitrogen functional groups attached to an aromatic ring is 1. The molecule has 0 atom stereocenters. The fourth-order valence-electron chi connectivity index (χ4n) is 3.40. The molecule has 0 radical (unpaired) electrons. The monoisotopic (exact) mass is 421 g/mol. The first-order valence-corrected chi connectivity index (χ1v) is 11.4. The normalized spacial score (nSPS) is 11.7. The Labute approximate surface area is 175 Å². The second kappa shape index (κ2) is 7.84. The van der Waals surface area contributed by atoms with Crippen molar-refractivity contribution in [2.75, 3.05) is 11.5 Å². The summed E-state index contributed by atoms with van der Waals surface area (Å²) in [7, 11) is -3.28. The second-order valence-electron chi connectivity index (χ2n) is 6.92. The molecular formula is C23H23N3O3S. The largest absolute Gasteiger partial charge is 0.457 e. The van der Waals surface area contributed by atoms with Crippen LogP contribution in [-0.2, 0) is 16.3 Å². The molecule has 154 valence electrons. The van der Waals surface area contributed by atoms with E-state index in [0.29, 0.717) is 17.2 Å². The maximum absolute atomic E-state index is 12.1. The van der Waals surface area contributed by atoms with Gasteiger partial charge in [-0.1, -0.05) is 19.9 Å². The summed E-state index contributed by atoms with van der Waals surface area (Å²) in [4.78, 5) is 4.95. The van der Waals surface area contributed by atoms with E-state index in [1.54, 1.807) is 31.2 Å². The van der Waals surface area contributed by atoms with E-state index >= 15 is 0 Å². The van der Waals surface area contributed by atoms with Gasteiger partial charge in [0.15, 0.2) is 15.5 Å². The van der Waals surface area contributed by atoms with Crippen LogP contribution in [0.2, 0.25) is 0 Å². The molecule has 0 aliphatic carbocycles. The molecule has 0 saturated heterocycles. The van der Waals surface area contributed by atoms with Gasteiger partial charge < -0.3 is 10.5 Å². The predicted molar refractivity (Wildman–Crippen MR) is 119 cm³/mol. The average Bonchev–Trinajstić information content (AvgIpc) is 3.14. The highest BCUT2D eigenvalue weighted by Crippen LogP contribution is 2.31. The molecule has 0 amide bonds. The number of aryl methyl sites for hydroxylation is 1. The fraction of sp³-hybridized carbons (Fsp3) is 0.174. The highest BCUT2D eigenvalue weighted by Gasteiger charge is 2.15. The highest BCUT2D eigenvalue weighted by atomic mass is 32.2. The van der Waals surface area contributed by atoms with E-state index in [1.807, 2.05) is 47.0 Å². The van der Waals surface area contributed by atoms with Gasteiger partial charge >= 0.3 is 0 Å². The molecule has 2 N–H and O–H groups in total. The molecule has 2 aromatic heterocycles. The Morgan fingerprint density at radius 2 is 1.77 bits per heavy atom. The number of sulfone groups is 1. The summed E-state index contributed by atoms with van der Waals surface area (Å²) < 4.78 is 32.1. The van der Waals surface area contributed by atoms with Crippen molar-refractivity contribution in [1.82, 2.24) is 9.38 Å². The highest BCUT2D eigenvalue weighted by molar-refractivity contribution is 7.91. The minimum absolute atomic E-state index is 0.0503. The zero-order valence-electron chi connectivity index (χ0n) is 16.9. The van der Waals surface area contributed by atoms with Gasteiger partial charge in [-0.15, -0.1) is 0 Å². The van der Waals surface area contributed by atoms with Crippen molar-refractivity contribution < 1.29 is 13.2 Å². The number of hydrogen-bond acceptors (Lipinski definition) is 5. The SMILES string of the molecule is CCc1nc2c(N)cccn2c1-c1ccc(Oc2cccc(S(=O)(=O)CC)c2)cc1. The Hall–Kier alpha value is -3.32. The number of hydrogen-bond donors (Lipinski definition) is 1. The van der Waals surface area contributed by atoms with Crippen LogP contribution < -0.4 is 10.5 Å². The van der Waals surface area contributed by atoms with Crippen LogP contribution in [0.3, 0.4) is 0 Å². The lowest BCUT2D eigenvalue weighted by Gasteiger charge is -2.09. The quantitative estimate of drug-likeness (QED) is 0.486. The van der Waals surface area contributed by atoms with Crippen molar-refractivity contribution >= 4 is 21.2 Å². The molecular weight excluding hydrogens is 398 g/mol. The van der Waals surface area contributed by atoms with Crippen molar-refractivity contribution in [3.05, 3.63) is 72.6 Å². The van der Waals surface area contributed by atoms with Crippen molar-refractivity contribution in [1.29, 1.82) is 0 Å². The van der Waals surface area contributed by atoms with Crippen molar-refractivity contribution in [2.24, 2.45) is 0 Å². The lowest BCUT2D eigenvalue weighted by Crippen LogP contribution is -2.03. The lowest BCUT2D eigenvalue weighted by molar-refractivity contribution is 0.481. The molecule has 0 aliphatic rings. The van der Waals surface area contributed by atoms with Gasteiger partial charge in [0.2, 0.25) is 0 Å². The van der Waals surface area contributed by atoms with E-state index in [2.05, 4.69) is 11.9 Å². The molecule has 0 fully saturated rings. The Morgan fingerprint density at radius 1 is 1.00 bits per heavy atom. The number of pyridine rings is 1. The smallest absolute Gasteiger partial charge is 0.178 e. The number of rotatable bonds is 6. The van der Waals surface area contributed by atoms with E-state index in [1.165, 1.54) is 0 Å². The molecule has 0 unspecified atom stereocenters. The molecule has 0 saturated carbocycles. The van der Waals surface area contributed by atoms with Crippen LogP contribution in [0.5, 0.6) is 11.5 Å². The minimum atomic E-state index is -3.28. The number of benzene rings is 2. The van der Waals surface area contributed by atoms with Gasteiger partial charge in [-0.3, -0.25) is 4.40 Å². The van der Waals surface area contributed by atoms with Crippen molar-refractivity contribution in [2.45, 2.75) is 25.2 Å². The van der Waals surface area contributed by atoms with Crippen LogP contribution in [0.1, 0.15) is 19.5 Å². The number of ether oxygens (including phenoxy) is 1. The van der Waals surface area contributed by atoms with Crippen molar-refractivity contribution in [3.63, 3.8) is 0 Å². The summed E-state index contributed by atoms with van der Waals surface area (Å²) in [5.41, 5.74) is 10.4. The van der Waals surface area contributed by atoms with Gasteiger partial charge in [-0.2, -0.15) is 0 Å². The van der Waals surface area contributed by atoms with Crippen LogP contribution in [0.25, 0.3) is 16.9 Å². The molecule has 4 rings (SSSR count). The average molecular weight is 422 g/mol. The molecule has 6 nitrogen and oxygen atoms in total. The van der Waals surface area contributed by atoms with E-state index in [9.17, 15) is 8.42 Å². The topological polar surface area (TPSA) is 86.7 Å². The third kappa shape index (κ3) is 3.64. The van der Waals surface area contributed by atoms with Gasteiger partial charge in [-0.05, 0) is 61.0 Å². The molecule has 30 heavy (non-hydrogen) atoms. The summed E-state index contributed by atoms with van der Waals surface area (Å²) in [6.45, 7) is 3.69. The van der Waals surface area contributed by atoms with Crippen LogP contribution in [0.4, 0.5) is 5.69 Å². The van der Waals surface area contributed by atoms with Gasteiger partial charge in [0.1, 0.15) is 11.5 Å². The fourth-order valence-corrected chi connectivity index (χ4v) is 4.32. The first kappa shape index (κ1) is 20.0. The molecule has 0 spiro atoms. The van der Waals surface area contributed by atoms with Crippen LogP contribution >= 0.6 is 0 Å². The molecule has 0 bridgehead atoms. The van der Waals surface area contributed by atoms with Gasteiger partial charge in [0.25, 0.3) is 0 Å². The Morgan fingerprint density at radius 3 is 2.47 bits per heavy atom. The van der Waals surface area contributed by atoms with E-state index in [0.717, 1.165) is 29.0 Å². The lowest BCUT2D eigenvalue weighted by atomic mass is 10.1. The third-order valence-electron chi connectivity index (χ3n) is 5.00. The summed E-state index contributed by atoms with van der Waals surface area (Å²) in [5, 5.41) is 0. The molecule has 0 aliphatic heterocycles. The van der Waals surface area contributed by atoms with E-state index < -0.39 is 9.84 Å². The zero-order valence-corrected chi connectivity index (χ0v) is 17.7. The van der Waals surface area contributed by atoms with Gasteiger partial charge in [0.05, 0.1) is 27.7 Å². The summed E-state index contributed by atoms with van der Waals surface area (Å²) in [6, 6.07) is 18.0. The summed E-state index contributed by atoms with van der Waals surface area (Å²) in [5.74, 6) is 1.15. The Kier molecular flexibility index (Phi) is 5.22. The number of imidazole rings is 1. The summed E-state index contributed by atoms with van der Waals surface area (Å²) in [6.07, 6.45) is 2.74. The zero-order chi connectivity index (χ0) is 21.3. The second-order valence-corrected chi connectivity index (χ2v) is 9.20. The maximum Gasteiger partial charge on any atom is 0.178 e. The van der Waals surface area contributed by atoms with Crippen LogP contribution in [0, 0.1) is 0 Å². The molecule has 2 aromatic carbocycles. The van der Waals surface area contributed by atoms with E-state index in [4.69, 9.17) is 10.5 Å². The number of anilines is 1. The minimum Gasteiger partial charge on any atom is -0.457 e. The molecule has 2 heterocycles. The van der Waals surface area contributed by atoms with E-state index in [-0.39, 0.29) is 10.6 Å². The number of fused-ring (bicyclic) bond motifs is 1. The Bertz CT molecular complexity index is 1310. The number of nitrogens with two attached hydrogens (primary N) is 1. The Balaban J connectivity index is 1.66. The van der Waals surface area contributed by atoms with Gasteiger partial charge in [-0.25, -0.2) is 13.4 Å². The summed E-state index contributed by atoms with van der Waals surface area (Å²) >= 11 is 0. The number of aromatic nitrogens is 2. The van der Waals surface area contributed by atoms with Crippen LogP contribution in [0.15, 0.2) is 71.8 Å². The predicted octanol–water partition coefficient (Wildman–Crippen LogP) is 4.73. The first-order valence-electron chi connectivity index (χ1n) is 9.79. The first-order chi connectivity index (χ1) is 14.4. The van der Waals surface area contributed by atoms with Crippen molar-refractivity contribution in [3.8, 4) is 22.8 Å². The third-order valence-corrected chi connectivity index (χ3v) is 6.73. The number of nitrogens with zero attached hydrogens (tertiary/aromatic N) is 2. The van der Waals surface area contributed by atoms with Crippen LogP contribution in [-0.4, -0.2) is 23.6 Å².